The summed E-state index contributed by atoms with van der Waals surface area (Å²) in [6.07, 6.45) is 23.1. The van der Waals surface area contributed by atoms with Crippen molar-refractivity contribution in [2.45, 2.75) is 129 Å². The van der Waals surface area contributed by atoms with Crippen LogP contribution in [0.3, 0.4) is 0 Å². The highest BCUT2D eigenvalue weighted by Crippen LogP contribution is 2.20. The van der Waals surface area contributed by atoms with Gasteiger partial charge in [0.05, 0.1) is 0 Å². The highest BCUT2D eigenvalue weighted by molar-refractivity contribution is 5.85. The van der Waals surface area contributed by atoms with Gasteiger partial charge in [0.25, 0.3) is 0 Å². The van der Waals surface area contributed by atoms with Gasteiger partial charge in [-0.1, -0.05) is 103 Å². The van der Waals surface area contributed by atoms with Crippen molar-refractivity contribution in [3.05, 3.63) is 0 Å². The van der Waals surface area contributed by atoms with Crippen LogP contribution in [0.2, 0.25) is 0 Å². The fourth-order valence-corrected chi connectivity index (χ4v) is 3.15. The van der Waals surface area contributed by atoms with Gasteiger partial charge in [0.15, 0.2) is 0 Å². The molecule has 0 aromatic rings. The Balaban J connectivity index is 0. The van der Waals surface area contributed by atoms with Crippen molar-refractivity contribution in [2.24, 2.45) is 0 Å². The first-order valence-corrected chi connectivity index (χ1v) is 10.7. The minimum atomic E-state index is 0. The Morgan fingerprint density at radius 3 is 1.12 bits per heavy atom. The monoisotopic (exact) mass is 361 g/mol. The maximum absolute atomic E-state index is 2.36. The molecule has 0 saturated heterocycles. The average Bonchev–Trinajstić information content (AvgIpc) is 2.51. The van der Waals surface area contributed by atoms with Crippen LogP contribution in [0, 0.1) is 0 Å². The summed E-state index contributed by atoms with van der Waals surface area (Å²) >= 11 is 0. The zero-order valence-electron chi connectivity index (χ0n) is 17.7. The lowest BCUT2D eigenvalue weighted by Gasteiger charge is -2.32. The Kier molecular flexibility index (Phi) is 19.9. The standard InChI is InChI=1S/C22H47N.ClH/c1-6-7-8-9-10-11-12-13-14-15-16-17-18-19-20-21-22(2,3)23(4)5;/h6-21H2,1-5H3;1H. The lowest BCUT2D eigenvalue weighted by atomic mass is 9.95. The molecule has 0 aliphatic rings. The maximum Gasteiger partial charge on any atom is 0.0147 e. The molecule has 2 heteroatoms. The van der Waals surface area contributed by atoms with Crippen molar-refractivity contribution in [2.75, 3.05) is 14.1 Å². The second-order valence-corrected chi connectivity index (χ2v) is 8.41. The molecule has 0 atom stereocenters. The van der Waals surface area contributed by atoms with E-state index in [0.717, 1.165) is 0 Å². The van der Waals surface area contributed by atoms with Gasteiger partial charge in [0.2, 0.25) is 0 Å². The van der Waals surface area contributed by atoms with Crippen molar-refractivity contribution in [3.8, 4) is 0 Å². The highest BCUT2D eigenvalue weighted by atomic mass is 35.5. The molecule has 0 spiro atoms. The third kappa shape index (κ3) is 17.1. The Morgan fingerprint density at radius 1 is 0.542 bits per heavy atom. The molecule has 0 unspecified atom stereocenters. The molecule has 0 aliphatic heterocycles. The van der Waals surface area contributed by atoms with E-state index in [1.54, 1.807) is 0 Å². The number of unbranched alkanes of at least 4 members (excludes halogenated alkanes) is 14. The Hall–Kier alpha value is 0.250. The van der Waals surface area contributed by atoms with Gasteiger partial charge >= 0.3 is 0 Å². The topological polar surface area (TPSA) is 3.24 Å². The molecule has 1 nitrogen and oxygen atoms in total. The Labute approximate surface area is 160 Å². The lowest BCUT2D eigenvalue weighted by Crippen LogP contribution is -2.37. The minimum absolute atomic E-state index is 0. The van der Waals surface area contributed by atoms with Gasteiger partial charge in [-0.15, -0.1) is 12.4 Å². The van der Waals surface area contributed by atoms with Crippen LogP contribution >= 0.6 is 12.4 Å². The fourth-order valence-electron chi connectivity index (χ4n) is 3.15. The molecule has 0 aromatic carbocycles. The molecule has 0 N–H and O–H groups in total. The van der Waals surface area contributed by atoms with E-state index in [1.165, 1.54) is 103 Å². The molecule has 0 fully saturated rings. The van der Waals surface area contributed by atoms with Gasteiger partial charge in [-0.05, 0) is 34.4 Å². The highest BCUT2D eigenvalue weighted by Gasteiger charge is 2.18. The molecule has 148 valence electrons. The van der Waals surface area contributed by atoms with E-state index in [0.29, 0.717) is 5.54 Å². The van der Waals surface area contributed by atoms with E-state index in [9.17, 15) is 0 Å². The first kappa shape index (κ1) is 26.5. The zero-order valence-corrected chi connectivity index (χ0v) is 18.5. The van der Waals surface area contributed by atoms with Gasteiger partial charge in [0.1, 0.15) is 0 Å². The molecule has 0 rings (SSSR count). The Morgan fingerprint density at radius 2 is 0.833 bits per heavy atom. The van der Waals surface area contributed by atoms with Crippen LogP contribution in [0.25, 0.3) is 0 Å². The molecule has 0 saturated carbocycles. The summed E-state index contributed by atoms with van der Waals surface area (Å²) in [5, 5.41) is 0. The van der Waals surface area contributed by atoms with Crippen LogP contribution in [0.15, 0.2) is 0 Å². The van der Waals surface area contributed by atoms with Crippen molar-refractivity contribution in [3.63, 3.8) is 0 Å². The van der Waals surface area contributed by atoms with E-state index < -0.39 is 0 Å². The largest absolute Gasteiger partial charge is 0.304 e. The predicted octanol–water partition coefficient (Wildman–Crippen LogP) is 8.01. The number of rotatable bonds is 17. The van der Waals surface area contributed by atoms with Crippen molar-refractivity contribution in [1.29, 1.82) is 0 Å². The first-order chi connectivity index (χ1) is 11.0. The fraction of sp³-hybridized carbons (Fsp3) is 1.00. The summed E-state index contributed by atoms with van der Waals surface area (Å²) in [6.45, 7) is 7.01. The van der Waals surface area contributed by atoms with Crippen molar-refractivity contribution < 1.29 is 0 Å². The summed E-state index contributed by atoms with van der Waals surface area (Å²) in [5.41, 5.74) is 0.372. The van der Waals surface area contributed by atoms with Gasteiger partial charge in [-0.25, -0.2) is 0 Å². The molecule has 0 aliphatic carbocycles. The summed E-state index contributed by atoms with van der Waals surface area (Å²) in [5.74, 6) is 0. The van der Waals surface area contributed by atoms with Crippen LogP contribution in [-0.4, -0.2) is 24.5 Å². The van der Waals surface area contributed by atoms with E-state index in [1.807, 2.05) is 0 Å². The van der Waals surface area contributed by atoms with Gasteiger partial charge in [-0.2, -0.15) is 0 Å². The van der Waals surface area contributed by atoms with E-state index >= 15 is 0 Å². The molecule has 24 heavy (non-hydrogen) atoms. The number of hydrogen-bond donors (Lipinski definition) is 0. The maximum atomic E-state index is 2.36. The average molecular weight is 362 g/mol. The quantitative estimate of drug-likeness (QED) is 0.237. The van der Waals surface area contributed by atoms with Crippen molar-refractivity contribution >= 4 is 12.4 Å². The number of hydrogen-bond acceptors (Lipinski definition) is 1. The molecular weight excluding hydrogens is 314 g/mol. The predicted molar refractivity (Wildman–Crippen MR) is 115 cm³/mol. The molecule has 0 amide bonds. The molecule has 0 aromatic heterocycles. The second-order valence-electron chi connectivity index (χ2n) is 8.41. The van der Waals surface area contributed by atoms with Crippen LogP contribution < -0.4 is 0 Å². The molecule has 0 heterocycles. The van der Waals surface area contributed by atoms with Crippen LogP contribution in [-0.2, 0) is 0 Å². The van der Waals surface area contributed by atoms with Crippen LogP contribution in [0.1, 0.15) is 124 Å². The van der Waals surface area contributed by atoms with E-state index in [-0.39, 0.29) is 12.4 Å². The van der Waals surface area contributed by atoms with Gasteiger partial charge < -0.3 is 4.90 Å². The summed E-state index contributed by atoms with van der Waals surface area (Å²) in [6, 6.07) is 0. The second kappa shape index (κ2) is 18.1. The van der Waals surface area contributed by atoms with Gasteiger partial charge in [-0.3, -0.25) is 0 Å². The Bertz CT molecular complexity index is 238. The number of nitrogens with zero attached hydrogens (tertiary/aromatic N) is 1. The van der Waals surface area contributed by atoms with E-state index in [4.69, 9.17) is 0 Å². The lowest BCUT2D eigenvalue weighted by molar-refractivity contribution is 0.177. The third-order valence-corrected chi connectivity index (χ3v) is 5.60. The van der Waals surface area contributed by atoms with E-state index in [2.05, 4.69) is 39.8 Å². The van der Waals surface area contributed by atoms with Crippen LogP contribution in [0.4, 0.5) is 0 Å². The molecule has 0 radical (unpaired) electrons. The summed E-state index contributed by atoms with van der Waals surface area (Å²) in [7, 11) is 4.40. The number of halogens is 1. The van der Waals surface area contributed by atoms with Crippen LogP contribution in [0.5, 0.6) is 0 Å². The summed E-state index contributed by atoms with van der Waals surface area (Å²) < 4.78 is 0. The van der Waals surface area contributed by atoms with Crippen molar-refractivity contribution in [1.82, 2.24) is 4.90 Å². The third-order valence-electron chi connectivity index (χ3n) is 5.60. The van der Waals surface area contributed by atoms with Gasteiger partial charge in [0, 0.05) is 5.54 Å². The summed E-state index contributed by atoms with van der Waals surface area (Å²) in [4.78, 5) is 2.36. The first-order valence-electron chi connectivity index (χ1n) is 10.7. The smallest absolute Gasteiger partial charge is 0.0147 e. The normalized spacial score (nSPS) is 11.8. The molecule has 0 bridgehead atoms. The SMILES string of the molecule is CCCCCCCCCCCCCCCCCC(C)(C)N(C)C.Cl. The molecular formula is C22H48ClN. The minimum Gasteiger partial charge on any atom is -0.304 e. The zero-order chi connectivity index (χ0) is 17.4.